The third kappa shape index (κ3) is 6.33. The quantitative estimate of drug-likeness (QED) is 0.505. The van der Waals surface area contributed by atoms with Gasteiger partial charge in [0, 0.05) is 37.1 Å². The van der Waals surface area contributed by atoms with E-state index in [1.807, 2.05) is 25.1 Å². The van der Waals surface area contributed by atoms with Gasteiger partial charge in [0.15, 0.2) is 11.7 Å². The molecule has 1 aliphatic rings. The molecule has 1 aromatic carbocycles. The van der Waals surface area contributed by atoms with Crippen LogP contribution in [0.5, 0.6) is 5.75 Å². The minimum atomic E-state index is -4.43. The summed E-state index contributed by atoms with van der Waals surface area (Å²) in [6.07, 6.45) is -3.43. The number of hydrogen-bond acceptors (Lipinski definition) is 5. The molecule has 2 heterocycles. The van der Waals surface area contributed by atoms with E-state index in [4.69, 9.17) is 9.47 Å². The van der Waals surface area contributed by atoms with Crippen LogP contribution in [0.3, 0.4) is 0 Å². The highest BCUT2D eigenvalue weighted by molar-refractivity contribution is 7.09. The number of nitrogens with one attached hydrogen (secondary N) is 2. The average molecular weight is 443 g/mol. The average Bonchev–Trinajstić information content (AvgIpc) is 3.39. The van der Waals surface area contributed by atoms with Gasteiger partial charge >= 0.3 is 6.18 Å². The second-order valence-electron chi connectivity index (χ2n) is 7.06. The fourth-order valence-electron chi connectivity index (χ4n) is 2.95. The van der Waals surface area contributed by atoms with Crippen molar-refractivity contribution >= 4 is 17.3 Å². The van der Waals surface area contributed by atoms with Gasteiger partial charge in [-0.25, -0.2) is 4.98 Å². The molecule has 2 aromatic rings. The van der Waals surface area contributed by atoms with Gasteiger partial charge in [-0.15, -0.1) is 11.3 Å². The van der Waals surface area contributed by atoms with Crippen LogP contribution in [0.2, 0.25) is 0 Å². The Balaban J connectivity index is 1.54. The number of aliphatic imine (C=N–C) groups is 1. The predicted molar refractivity (Wildman–Crippen MR) is 110 cm³/mol. The van der Waals surface area contributed by atoms with Crippen molar-refractivity contribution in [1.29, 1.82) is 0 Å². The third-order valence-electron chi connectivity index (χ3n) is 4.64. The Hall–Kier alpha value is -2.33. The van der Waals surface area contributed by atoms with E-state index >= 15 is 0 Å². The van der Waals surface area contributed by atoms with Crippen molar-refractivity contribution in [2.24, 2.45) is 10.9 Å². The molecule has 1 saturated heterocycles. The number of hydrogen-bond donors (Lipinski definition) is 2. The van der Waals surface area contributed by atoms with Crippen molar-refractivity contribution in [3.05, 3.63) is 45.4 Å². The lowest BCUT2D eigenvalue weighted by Crippen LogP contribution is -2.36. The molecule has 0 radical (unpaired) electrons. The zero-order valence-corrected chi connectivity index (χ0v) is 17.7. The Labute approximate surface area is 177 Å². The lowest BCUT2D eigenvalue weighted by atomic mass is 10.1. The zero-order chi connectivity index (χ0) is 21.6. The van der Waals surface area contributed by atoms with E-state index in [0.29, 0.717) is 30.0 Å². The smallest absolute Gasteiger partial charge is 0.434 e. The highest BCUT2D eigenvalue weighted by Crippen LogP contribution is 2.30. The Kier molecular flexibility index (Phi) is 7.54. The van der Waals surface area contributed by atoms with Crippen LogP contribution in [0.15, 0.2) is 28.6 Å². The number of rotatable bonds is 7. The minimum Gasteiger partial charge on any atom is -0.493 e. The van der Waals surface area contributed by atoms with Crippen molar-refractivity contribution in [1.82, 2.24) is 15.6 Å². The second kappa shape index (κ2) is 10.1. The molecule has 2 N–H and O–H groups in total. The lowest BCUT2D eigenvalue weighted by molar-refractivity contribution is -0.140. The van der Waals surface area contributed by atoms with Gasteiger partial charge in [-0.05, 0) is 25.0 Å². The van der Waals surface area contributed by atoms with Crippen LogP contribution in [0.1, 0.15) is 28.2 Å². The molecule has 1 atom stereocenters. The number of aromatic nitrogens is 1. The molecule has 1 aromatic heterocycles. The molecule has 0 spiro atoms. The Morgan fingerprint density at radius 3 is 2.80 bits per heavy atom. The topological polar surface area (TPSA) is 67.8 Å². The summed E-state index contributed by atoms with van der Waals surface area (Å²) >= 11 is 0.959. The van der Waals surface area contributed by atoms with Crippen molar-refractivity contribution in [3.63, 3.8) is 0 Å². The molecular formula is C20H25F3N4O2S. The van der Waals surface area contributed by atoms with E-state index < -0.39 is 11.9 Å². The first-order valence-corrected chi connectivity index (χ1v) is 10.5. The Morgan fingerprint density at radius 2 is 2.13 bits per heavy atom. The molecule has 0 aliphatic carbocycles. The number of thiazole rings is 1. The van der Waals surface area contributed by atoms with Gasteiger partial charge < -0.3 is 20.1 Å². The predicted octanol–water partition coefficient (Wildman–Crippen LogP) is 3.75. The summed E-state index contributed by atoms with van der Waals surface area (Å²) in [7, 11) is 1.60. The van der Waals surface area contributed by atoms with Gasteiger partial charge in [0.1, 0.15) is 10.8 Å². The highest BCUT2D eigenvalue weighted by Gasteiger charge is 2.33. The molecule has 1 aliphatic heterocycles. The summed E-state index contributed by atoms with van der Waals surface area (Å²) in [5, 5.41) is 7.51. The van der Waals surface area contributed by atoms with Crippen LogP contribution in [-0.2, 0) is 24.0 Å². The van der Waals surface area contributed by atoms with Gasteiger partial charge in [0.05, 0.1) is 19.8 Å². The first kappa shape index (κ1) is 22.4. The maximum Gasteiger partial charge on any atom is 0.434 e. The maximum atomic E-state index is 12.7. The summed E-state index contributed by atoms with van der Waals surface area (Å²) in [5.74, 6) is 1.68. The van der Waals surface area contributed by atoms with E-state index in [9.17, 15) is 13.2 Å². The fraction of sp³-hybridized carbons (Fsp3) is 0.500. The van der Waals surface area contributed by atoms with E-state index in [2.05, 4.69) is 20.6 Å². The van der Waals surface area contributed by atoms with Crippen molar-refractivity contribution in [2.45, 2.75) is 32.6 Å². The number of alkyl halides is 3. The van der Waals surface area contributed by atoms with E-state index in [0.717, 1.165) is 53.2 Å². The number of aryl methyl sites for hydroxylation is 1. The van der Waals surface area contributed by atoms with Gasteiger partial charge in [-0.3, -0.25) is 4.99 Å². The molecule has 30 heavy (non-hydrogen) atoms. The minimum absolute atomic E-state index is 0.152. The number of halogens is 3. The lowest BCUT2D eigenvalue weighted by Gasteiger charge is -2.16. The Bertz CT molecular complexity index is 864. The van der Waals surface area contributed by atoms with Gasteiger partial charge in [-0.2, -0.15) is 13.2 Å². The van der Waals surface area contributed by atoms with Crippen LogP contribution >= 0.6 is 11.3 Å². The molecule has 0 bridgehead atoms. The highest BCUT2D eigenvalue weighted by atomic mass is 32.1. The van der Waals surface area contributed by atoms with Crippen LogP contribution in [0, 0.1) is 12.8 Å². The monoisotopic (exact) mass is 442 g/mol. The van der Waals surface area contributed by atoms with Gasteiger partial charge in [-0.1, -0.05) is 12.1 Å². The SMILES string of the molecule is CN=C(NCc1nc(C(F)(F)F)cs1)NCc1ccc(C)cc1OCC1CCOC1. The molecule has 1 fully saturated rings. The molecule has 3 rings (SSSR count). The van der Waals surface area contributed by atoms with Gasteiger partial charge in [0.25, 0.3) is 0 Å². The molecule has 0 saturated carbocycles. The fourth-order valence-corrected chi connectivity index (χ4v) is 3.69. The summed E-state index contributed by atoms with van der Waals surface area (Å²) in [5.41, 5.74) is 1.19. The summed E-state index contributed by atoms with van der Waals surface area (Å²) in [4.78, 5) is 7.73. The van der Waals surface area contributed by atoms with Crippen LogP contribution in [0.25, 0.3) is 0 Å². The molecule has 1 unspecified atom stereocenters. The van der Waals surface area contributed by atoms with Crippen molar-refractivity contribution in [3.8, 4) is 5.75 Å². The Morgan fingerprint density at radius 1 is 1.33 bits per heavy atom. The van der Waals surface area contributed by atoms with Crippen LogP contribution < -0.4 is 15.4 Å². The summed E-state index contributed by atoms with van der Waals surface area (Å²) in [6, 6.07) is 6.00. The number of ether oxygens (including phenoxy) is 2. The molecule has 164 valence electrons. The molecule has 0 amide bonds. The molecule has 6 nitrogen and oxygen atoms in total. The summed E-state index contributed by atoms with van der Waals surface area (Å²) in [6.45, 7) is 4.73. The number of benzene rings is 1. The van der Waals surface area contributed by atoms with E-state index in [-0.39, 0.29) is 6.54 Å². The zero-order valence-electron chi connectivity index (χ0n) is 16.9. The van der Waals surface area contributed by atoms with Gasteiger partial charge in [0.2, 0.25) is 0 Å². The number of nitrogens with zero attached hydrogens (tertiary/aromatic N) is 2. The first-order valence-electron chi connectivity index (χ1n) is 9.61. The van der Waals surface area contributed by atoms with E-state index in [1.54, 1.807) is 7.05 Å². The molecular weight excluding hydrogens is 417 g/mol. The number of guanidine groups is 1. The normalized spacial score (nSPS) is 17.2. The molecule has 10 heteroatoms. The largest absolute Gasteiger partial charge is 0.493 e. The standard InChI is InChI=1S/C20H25F3N4O2S/c1-13-3-4-15(16(7-13)29-11-14-5-6-28-10-14)8-25-19(24-2)26-9-18-27-17(12-30-18)20(21,22)23/h3-4,7,12,14H,5-6,8-11H2,1-2H3,(H2,24,25,26). The van der Waals surface area contributed by atoms with Crippen LogP contribution in [-0.4, -0.2) is 37.8 Å². The summed E-state index contributed by atoms with van der Waals surface area (Å²) < 4.78 is 49.4. The third-order valence-corrected chi connectivity index (χ3v) is 5.49. The van der Waals surface area contributed by atoms with E-state index in [1.165, 1.54) is 0 Å². The van der Waals surface area contributed by atoms with Crippen molar-refractivity contribution < 1.29 is 22.6 Å². The second-order valence-corrected chi connectivity index (χ2v) is 8.00. The maximum absolute atomic E-state index is 12.7. The first-order chi connectivity index (χ1) is 14.3. The van der Waals surface area contributed by atoms with Crippen molar-refractivity contribution in [2.75, 3.05) is 26.9 Å². The van der Waals surface area contributed by atoms with Crippen LogP contribution in [0.4, 0.5) is 13.2 Å².